The van der Waals surface area contributed by atoms with Gasteiger partial charge in [-0.15, -0.1) is 0 Å². The molecule has 5 fully saturated rings. The molecule has 2 spiro atoms. The lowest BCUT2D eigenvalue weighted by atomic mass is 9.38. The third-order valence-electron chi connectivity index (χ3n) is 9.88. The Bertz CT molecular complexity index is 951. The molecule has 5 rings (SSSR count). The van der Waals surface area contributed by atoms with Crippen LogP contribution in [0.2, 0.25) is 0 Å². The van der Waals surface area contributed by atoms with Gasteiger partial charge >= 0.3 is 11.9 Å². The van der Waals surface area contributed by atoms with Crippen molar-refractivity contribution in [3.8, 4) is 0 Å². The number of esters is 2. The monoisotopic (exact) mass is 474 g/mol. The van der Waals surface area contributed by atoms with Crippen molar-refractivity contribution in [1.82, 2.24) is 0 Å². The molecule has 1 heterocycles. The molecular formula is C27H38O7. The van der Waals surface area contributed by atoms with Crippen LogP contribution in [0.5, 0.6) is 0 Å². The number of rotatable bonds is 2. The average molecular weight is 475 g/mol. The van der Waals surface area contributed by atoms with Gasteiger partial charge in [0.25, 0.3) is 0 Å². The molecule has 34 heavy (non-hydrogen) atoms. The lowest BCUT2D eigenvalue weighted by Crippen LogP contribution is -2.75. The topological polar surface area (TPSA) is 88.1 Å². The van der Waals surface area contributed by atoms with Crippen LogP contribution < -0.4 is 0 Å². The summed E-state index contributed by atoms with van der Waals surface area (Å²) < 4.78 is 24.9. The Hall–Kier alpha value is -1.73. The molecule has 8 atom stereocenters. The predicted octanol–water partition coefficient (Wildman–Crippen LogP) is 3.98. The third kappa shape index (κ3) is 2.98. The second-order valence-electron chi connectivity index (χ2n) is 12.4. The van der Waals surface area contributed by atoms with Gasteiger partial charge in [0.05, 0.1) is 12.7 Å². The van der Waals surface area contributed by atoms with Gasteiger partial charge in [-0.3, -0.25) is 14.4 Å². The summed E-state index contributed by atoms with van der Waals surface area (Å²) in [5.74, 6) is -2.03. The predicted molar refractivity (Wildman–Crippen MR) is 122 cm³/mol. The zero-order valence-electron chi connectivity index (χ0n) is 21.3. The van der Waals surface area contributed by atoms with Crippen molar-refractivity contribution in [2.45, 2.75) is 97.7 Å². The van der Waals surface area contributed by atoms with Crippen LogP contribution in [0.1, 0.15) is 73.6 Å². The molecule has 0 N–H and O–H groups in total. The minimum Gasteiger partial charge on any atom is -0.461 e. The highest BCUT2D eigenvalue weighted by Crippen LogP contribution is 2.73. The van der Waals surface area contributed by atoms with Crippen molar-refractivity contribution in [2.24, 2.45) is 34.0 Å². The number of fused-ring (bicyclic) bond motifs is 1. The molecule has 0 aromatic rings. The van der Waals surface area contributed by atoms with Gasteiger partial charge in [-0.1, -0.05) is 20.4 Å². The third-order valence-corrected chi connectivity index (χ3v) is 9.88. The number of ether oxygens (including phenoxy) is 4. The second-order valence-corrected chi connectivity index (χ2v) is 12.4. The summed E-state index contributed by atoms with van der Waals surface area (Å²) in [7, 11) is 0. The Labute approximate surface area is 201 Å². The number of hydrogen-bond acceptors (Lipinski definition) is 7. The zero-order chi connectivity index (χ0) is 24.8. The number of Topliss-reactive ketones (excluding diaryl/α,β-unsaturated/α-hetero) is 1. The van der Waals surface area contributed by atoms with Gasteiger partial charge in [0.2, 0.25) is 0 Å². The highest BCUT2D eigenvalue weighted by Gasteiger charge is 2.79. The van der Waals surface area contributed by atoms with Gasteiger partial charge < -0.3 is 18.9 Å². The fourth-order valence-corrected chi connectivity index (χ4v) is 8.78. The van der Waals surface area contributed by atoms with E-state index in [1.165, 1.54) is 13.8 Å². The first-order valence-electron chi connectivity index (χ1n) is 12.7. The molecule has 1 aliphatic heterocycles. The van der Waals surface area contributed by atoms with E-state index in [-0.39, 0.29) is 35.1 Å². The van der Waals surface area contributed by atoms with Crippen molar-refractivity contribution < 1.29 is 33.3 Å². The highest BCUT2D eigenvalue weighted by molar-refractivity contribution is 6.05. The van der Waals surface area contributed by atoms with Crippen LogP contribution in [0.25, 0.3) is 0 Å². The van der Waals surface area contributed by atoms with E-state index in [0.29, 0.717) is 25.0 Å². The Morgan fingerprint density at radius 1 is 1.00 bits per heavy atom. The Morgan fingerprint density at radius 3 is 2.32 bits per heavy atom. The van der Waals surface area contributed by atoms with E-state index in [4.69, 9.17) is 18.9 Å². The van der Waals surface area contributed by atoms with E-state index >= 15 is 0 Å². The summed E-state index contributed by atoms with van der Waals surface area (Å²) in [6.07, 6.45) is 2.35. The quantitative estimate of drug-likeness (QED) is 0.442. The normalized spacial score (nSPS) is 46.1. The smallest absolute Gasteiger partial charge is 0.302 e. The summed E-state index contributed by atoms with van der Waals surface area (Å²) in [6.45, 7) is 15.8. The molecule has 5 aliphatic rings. The van der Waals surface area contributed by atoms with Crippen molar-refractivity contribution in [1.29, 1.82) is 0 Å². The SMILES string of the molecule is C=C1C(=O)[C@]23[C@H](OC(C)=O)[C@H]1CC[C@H]2[C@]12COC(C)(C)O[C@H]1CCC(C)(C)[C@H]2C[C@H]3OC(C)=O. The molecule has 7 heteroatoms. The fraction of sp³-hybridized carbons (Fsp3) is 0.815. The molecule has 0 aromatic heterocycles. The Balaban J connectivity index is 1.74. The summed E-state index contributed by atoms with van der Waals surface area (Å²) >= 11 is 0. The zero-order valence-corrected chi connectivity index (χ0v) is 21.3. The maximum atomic E-state index is 14.2. The average Bonchev–Trinajstić information content (AvgIpc) is 2.84. The van der Waals surface area contributed by atoms with Crippen molar-refractivity contribution in [3.05, 3.63) is 12.2 Å². The number of hydrogen-bond donors (Lipinski definition) is 0. The van der Waals surface area contributed by atoms with Gasteiger partial charge in [0.15, 0.2) is 11.6 Å². The highest BCUT2D eigenvalue weighted by atomic mass is 16.7. The maximum Gasteiger partial charge on any atom is 0.302 e. The van der Waals surface area contributed by atoms with Crippen LogP contribution in [-0.2, 0) is 33.3 Å². The van der Waals surface area contributed by atoms with Crippen molar-refractivity contribution >= 4 is 17.7 Å². The molecular weight excluding hydrogens is 436 g/mol. The number of carbonyl (C=O) groups excluding carboxylic acids is 3. The van der Waals surface area contributed by atoms with Crippen LogP contribution in [-0.4, -0.2) is 48.4 Å². The van der Waals surface area contributed by atoms with Crippen molar-refractivity contribution in [2.75, 3.05) is 6.61 Å². The molecule has 0 radical (unpaired) electrons. The molecule has 188 valence electrons. The molecule has 0 amide bonds. The maximum absolute atomic E-state index is 14.2. The first-order valence-corrected chi connectivity index (χ1v) is 12.7. The summed E-state index contributed by atoms with van der Waals surface area (Å²) in [6, 6.07) is 0. The molecule has 7 nitrogen and oxygen atoms in total. The van der Waals surface area contributed by atoms with E-state index in [1.54, 1.807) is 0 Å². The van der Waals surface area contributed by atoms with Gasteiger partial charge in [0.1, 0.15) is 17.6 Å². The van der Waals surface area contributed by atoms with Gasteiger partial charge in [-0.05, 0) is 68.8 Å². The van der Waals surface area contributed by atoms with Crippen LogP contribution in [0, 0.1) is 34.0 Å². The Kier molecular flexibility index (Phi) is 5.21. The van der Waals surface area contributed by atoms with E-state index in [9.17, 15) is 14.4 Å². The summed E-state index contributed by atoms with van der Waals surface area (Å²) in [4.78, 5) is 38.8. The van der Waals surface area contributed by atoms with Crippen LogP contribution in [0.3, 0.4) is 0 Å². The van der Waals surface area contributed by atoms with Crippen LogP contribution in [0.15, 0.2) is 12.2 Å². The molecule has 2 bridgehead atoms. The molecule has 4 saturated carbocycles. The van der Waals surface area contributed by atoms with Gasteiger partial charge in [-0.2, -0.15) is 0 Å². The van der Waals surface area contributed by atoms with Crippen molar-refractivity contribution in [3.63, 3.8) is 0 Å². The molecule has 0 unspecified atom stereocenters. The summed E-state index contributed by atoms with van der Waals surface area (Å²) in [5, 5.41) is 0. The minimum atomic E-state index is -1.16. The van der Waals surface area contributed by atoms with Gasteiger partial charge in [-0.25, -0.2) is 0 Å². The first kappa shape index (κ1) is 24.0. The largest absolute Gasteiger partial charge is 0.461 e. The van der Waals surface area contributed by atoms with Crippen LogP contribution in [0.4, 0.5) is 0 Å². The number of carbonyl (C=O) groups is 3. The Morgan fingerprint density at radius 2 is 1.68 bits per heavy atom. The van der Waals surface area contributed by atoms with E-state index in [0.717, 1.165) is 19.3 Å². The lowest BCUT2D eigenvalue weighted by molar-refractivity contribution is -0.378. The molecule has 1 saturated heterocycles. The molecule has 4 aliphatic carbocycles. The van der Waals surface area contributed by atoms with E-state index < -0.39 is 40.8 Å². The standard InChI is InChI=1S/C27H38O7/c1-14-17-8-9-18-26-13-31-25(6,7)34-20(26)10-11-24(4,5)19(26)12-21(32-15(2)28)27(18,22(14)30)23(17)33-16(3)29/h17-21,23H,1,8-13H2,2-7H3/t17-,18-,19+,20-,21+,23+,26-,27-/m0/s1. The van der Waals surface area contributed by atoms with E-state index in [2.05, 4.69) is 20.4 Å². The van der Waals surface area contributed by atoms with Crippen LogP contribution >= 0.6 is 0 Å². The minimum absolute atomic E-state index is 0.0584. The van der Waals surface area contributed by atoms with E-state index in [1.807, 2.05) is 13.8 Å². The first-order chi connectivity index (χ1) is 15.8. The number of ketones is 1. The fourth-order valence-electron chi connectivity index (χ4n) is 8.78. The molecule has 0 aromatic carbocycles. The van der Waals surface area contributed by atoms with Gasteiger partial charge in [0, 0.05) is 25.2 Å². The second kappa shape index (κ2) is 7.39. The lowest BCUT2D eigenvalue weighted by Gasteiger charge is -2.70. The summed E-state index contributed by atoms with van der Waals surface area (Å²) in [5.41, 5.74) is -1.17.